The Balaban J connectivity index is -0.0000000117. The normalized spacial score (nSPS) is 7.17. The number of hydrogen-bond acceptors (Lipinski definition) is 3. The van der Waals surface area contributed by atoms with Gasteiger partial charge in [0.2, 0.25) is 0 Å². The zero-order valence-electron chi connectivity index (χ0n) is 9.60. The molecule has 0 aliphatic carbocycles. The van der Waals surface area contributed by atoms with Gasteiger partial charge >= 0.3 is 133 Å². The van der Waals surface area contributed by atoms with Gasteiger partial charge in [0.25, 0.3) is 0 Å². The fraction of sp³-hybridized carbons (Fsp3) is 0. The van der Waals surface area contributed by atoms with Crippen molar-refractivity contribution in [3.05, 3.63) is 0 Å². The Hall–Kier alpha value is 3.61. The number of rotatable bonds is 1. The van der Waals surface area contributed by atoms with Crippen LogP contribution in [0.3, 0.4) is 0 Å². The van der Waals surface area contributed by atoms with Gasteiger partial charge in [-0.2, -0.15) is 0 Å². The van der Waals surface area contributed by atoms with Crippen molar-refractivity contribution >= 4 is 51.7 Å². The zero-order valence-corrected chi connectivity index (χ0v) is 15.6. The van der Waals surface area contributed by atoms with Gasteiger partial charge in [0, 0.05) is 0 Å². The van der Waals surface area contributed by atoms with Gasteiger partial charge in [0.15, 0.2) is 0 Å². The minimum Gasteiger partial charge on any atom is -1.00 e. The Morgan fingerprint density at radius 1 is 1.42 bits per heavy atom. The number of carbonyl (C=O) groups is 1. The maximum Gasteiger partial charge on any atom is 2.00 e. The molecule has 3 N–H and O–H groups in total. The van der Waals surface area contributed by atoms with E-state index in [1.807, 2.05) is 0 Å². The largest absolute Gasteiger partial charge is 2.00 e. The SMILES string of the molecule is O=C(O)OP(=O)(O)O.[Ca+2].[Cl-].[H-].[H-].[H-].[K+].[Na+]. The number of carboxylic acid groups (broad SMARTS) is 1. The van der Waals surface area contributed by atoms with Crippen molar-refractivity contribution in [1.82, 2.24) is 0 Å². The first-order valence-electron chi connectivity index (χ1n) is 1.40. The van der Waals surface area contributed by atoms with E-state index in [1.165, 1.54) is 0 Å². The average Bonchev–Trinajstić information content (AvgIpc) is 1.21. The molecule has 0 aromatic rings. The van der Waals surface area contributed by atoms with Crippen molar-refractivity contribution in [2.45, 2.75) is 0 Å². The van der Waals surface area contributed by atoms with E-state index >= 15 is 0 Å². The van der Waals surface area contributed by atoms with Gasteiger partial charge in [0.1, 0.15) is 0 Å². The predicted octanol–water partition coefficient (Wildman–Crippen LogP) is -9.26. The van der Waals surface area contributed by atoms with Gasteiger partial charge in [-0.1, -0.05) is 0 Å². The van der Waals surface area contributed by atoms with E-state index in [9.17, 15) is 9.36 Å². The molecule has 12 heavy (non-hydrogen) atoms. The van der Waals surface area contributed by atoms with Crippen LogP contribution >= 0.6 is 7.82 Å². The molecule has 0 spiro atoms. The first-order chi connectivity index (χ1) is 3.42. The molecule has 0 radical (unpaired) electrons. The zero-order chi connectivity index (χ0) is 6.78. The molecule has 0 aliphatic heterocycles. The van der Waals surface area contributed by atoms with Crippen molar-refractivity contribution in [3.63, 3.8) is 0 Å². The topological polar surface area (TPSA) is 104 Å². The standard InChI is InChI=1S/CH3O6P.Ca.ClH.K.Na.3H/c2-1(3)7-8(4,5)6;;;;;;;/h(H,2,3)(H2,4,5,6);;1H;;;;;/q;+2;;2*+1;3*-1/p-1. The second-order valence-corrected chi connectivity index (χ2v) is 2.01. The molecular weight excluding hydrogens is 277 g/mol. The molecule has 0 amide bonds. The summed E-state index contributed by atoms with van der Waals surface area (Å²) >= 11 is 0. The molecule has 0 saturated carbocycles. The Morgan fingerprint density at radius 2 is 1.67 bits per heavy atom. The van der Waals surface area contributed by atoms with Gasteiger partial charge in [-0.3, -0.25) is 9.79 Å². The third kappa shape index (κ3) is 29.2. The van der Waals surface area contributed by atoms with Crippen molar-refractivity contribution in [3.8, 4) is 0 Å². The molecule has 0 fully saturated rings. The van der Waals surface area contributed by atoms with E-state index in [2.05, 4.69) is 4.52 Å². The molecule has 0 atom stereocenters. The van der Waals surface area contributed by atoms with Gasteiger partial charge in [-0.05, 0) is 0 Å². The summed E-state index contributed by atoms with van der Waals surface area (Å²) in [6.45, 7) is 0. The smallest absolute Gasteiger partial charge is 1.00 e. The summed E-state index contributed by atoms with van der Waals surface area (Å²) in [6, 6.07) is 0. The van der Waals surface area contributed by atoms with Gasteiger partial charge < -0.3 is 26.3 Å². The third-order valence-corrected chi connectivity index (χ3v) is 0.591. The average molecular weight is 283 g/mol. The molecule has 0 heterocycles. The summed E-state index contributed by atoms with van der Waals surface area (Å²) in [6.07, 6.45) is -1.99. The Labute approximate surface area is 174 Å². The van der Waals surface area contributed by atoms with Crippen molar-refractivity contribution < 1.29 is 126 Å². The molecule has 6 nitrogen and oxygen atoms in total. The first-order valence-corrected chi connectivity index (χ1v) is 2.93. The van der Waals surface area contributed by atoms with Crippen LogP contribution in [0.5, 0.6) is 0 Å². The molecular formula is CH6CaClKNaO6P. The summed E-state index contributed by atoms with van der Waals surface area (Å²) < 4.78 is 12.6. The summed E-state index contributed by atoms with van der Waals surface area (Å²) in [5.74, 6) is 0. The minimum atomic E-state index is -4.82. The van der Waals surface area contributed by atoms with Gasteiger partial charge in [-0.15, -0.1) is 0 Å². The summed E-state index contributed by atoms with van der Waals surface area (Å²) in [5, 5.41) is 7.53. The van der Waals surface area contributed by atoms with Crippen LogP contribution in [0, 0.1) is 0 Å². The maximum absolute atomic E-state index is 9.53. The summed E-state index contributed by atoms with van der Waals surface area (Å²) in [5.41, 5.74) is 0. The van der Waals surface area contributed by atoms with Crippen molar-refractivity contribution in [1.29, 1.82) is 0 Å². The van der Waals surface area contributed by atoms with E-state index in [0.717, 1.165) is 0 Å². The Morgan fingerprint density at radius 3 is 1.67 bits per heavy atom. The molecule has 0 aromatic heterocycles. The van der Waals surface area contributed by atoms with Gasteiger partial charge in [0.05, 0.1) is 0 Å². The van der Waals surface area contributed by atoms with Crippen LogP contribution in [0.25, 0.3) is 0 Å². The van der Waals surface area contributed by atoms with Gasteiger partial charge in [-0.25, -0.2) is 9.36 Å². The first kappa shape index (κ1) is 29.6. The van der Waals surface area contributed by atoms with E-state index in [0.29, 0.717) is 0 Å². The van der Waals surface area contributed by atoms with Crippen LogP contribution in [0.4, 0.5) is 4.79 Å². The second-order valence-electron chi connectivity index (χ2n) is 0.848. The predicted molar refractivity (Wildman–Crippen MR) is 30.2 cm³/mol. The van der Waals surface area contributed by atoms with E-state index in [4.69, 9.17) is 14.9 Å². The molecule has 0 saturated heterocycles. The molecule has 0 bridgehead atoms. The molecule has 0 rings (SSSR count). The van der Waals surface area contributed by atoms with E-state index in [-0.39, 0.29) is 135 Å². The van der Waals surface area contributed by atoms with Crippen LogP contribution in [-0.4, -0.2) is 58.8 Å². The van der Waals surface area contributed by atoms with Crippen LogP contribution < -0.4 is 93.3 Å². The molecule has 0 aromatic carbocycles. The van der Waals surface area contributed by atoms with Crippen LogP contribution in [0.15, 0.2) is 0 Å². The van der Waals surface area contributed by atoms with Crippen LogP contribution in [0.2, 0.25) is 0 Å². The third-order valence-electron chi connectivity index (χ3n) is 0.197. The van der Waals surface area contributed by atoms with E-state index < -0.39 is 14.0 Å². The van der Waals surface area contributed by atoms with Crippen molar-refractivity contribution in [2.24, 2.45) is 0 Å². The molecule has 0 unspecified atom stereocenters. The number of phosphoric ester groups is 1. The van der Waals surface area contributed by atoms with Crippen LogP contribution in [0.1, 0.15) is 4.28 Å². The molecule has 11 heteroatoms. The summed E-state index contributed by atoms with van der Waals surface area (Å²) in [7, 11) is -4.82. The minimum absolute atomic E-state index is 0. The Bertz CT molecular complexity index is 161. The Kier molecular flexibility index (Phi) is 36.0. The number of phosphoric acid groups is 1. The van der Waals surface area contributed by atoms with Crippen LogP contribution in [-0.2, 0) is 9.09 Å². The number of hydrogen-bond donors (Lipinski definition) is 3. The quantitative estimate of drug-likeness (QED) is 0.326. The monoisotopic (exact) mass is 282 g/mol. The molecule has 62 valence electrons. The van der Waals surface area contributed by atoms with E-state index in [1.54, 1.807) is 0 Å². The fourth-order valence-corrected chi connectivity index (χ4v) is 0.305. The molecule has 0 aliphatic rings. The summed E-state index contributed by atoms with van der Waals surface area (Å²) in [4.78, 5) is 24.7. The maximum atomic E-state index is 9.53. The number of halogens is 1. The van der Waals surface area contributed by atoms with Crippen molar-refractivity contribution in [2.75, 3.05) is 0 Å². The fourth-order valence-electron chi connectivity index (χ4n) is 0.102. The second kappa shape index (κ2) is 14.6.